The van der Waals surface area contributed by atoms with Crippen LogP contribution in [0.25, 0.3) is 6.08 Å². The number of carbonyl (C=O) groups excluding carboxylic acids is 2. The quantitative estimate of drug-likeness (QED) is 0.390. The number of methoxy groups -OCH3 is 1. The fourth-order valence-corrected chi connectivity index (χ4v) is 4.47. The van der Waals surface area contributed by atoms with Crippen molar-refractivity contribution < 1.29 is 14.3 Å². The molecule has 3 aromatic rings. The van der Waals surface area contributed by atoms with E-state index in [-0.39, 0.29) is 23.7 Å². The second kappa shape index (κ2) is 11.1. The lowest BCUT2D eigenvalue weighted by molar-refractivity contribution is -0.120. The SMILES string of the molecule is COC(=O)c1cn([C@@H]2C[C@@H](C(=O)Nc3cccc(SC)c3)N(C/C=C/c3ccccc3)C2)nn1. The predicted molar refractivity (Wildman–Crippen MR) is 133 cm³/mol. The molecule has 1 fully saturated rings. The minimum Gasteiger partial charge on any atom is -0.464 e. The van der Waals surface area contributed by atoms with Gasteiger partial charge in [-0.2, -0.15) is 0 Å². The van der Waals surface area contributed by atoms with E-state index in [0.29, 0.717) is 19.5 Å². The lowest BCUT2D eigenvalue weighted by atomic mass is 10.1. The minimum atomic E-state index is -0.533. The molecule has 1 N–H and O–H groups in total. The van der Waals surface area contributed by atoms with Gasteiger partial charge in [0.15, 0.2) is 5.69 Å². The minimum absolute atomic E-state index is 0.0674. The first-order valence-electron chi connectivity index (χ1n) is 11.0. The van der Waals surface area contributed by atoms with Crippen LogP contribution in [0.4, 0.5) is 5.69 Å². The zero-order chi connectivity index (χ0) is 23.9. The van der Waals surface area contributed by atoms with E-state index in [1.807, 2.05) is 60.9 Å². The summed E-state index contributed by atoms with van der Waals surface area (Å²) in [7, 11) is 1.31. The molecule has 1 aliphatic rings. The van der Waals surface area contributed by atoms with Crippen molar-refractivity contribution in [2.45, 2.75) is 23.4 Å². The number of aromatic nitrogens is 3. The number of nitrogens with zero attached hydrogens (tertiary/aromatic N) is 4. The van der Waals surface area contributed by atoms with Crippen molar-refractivity contribution in [2.75, 3.05) is 31.8 Å². The van der Waals surface area contributed by atoms with Crippen LogP contribution in [0.2, 0.25) is 0 Å². The normalized spacial score (nSPS) is 18.3. The van der Waals surface area contributed by atoms with Gasteiger partial charge in [-0.1, -0.05) is 53.8 Å². The van der Waals surface area contributed by atoms with Crippen LogP contribution in [0, 0.1) is 0 Å². The van der Waals surface area contributed by atoms with Crippen LogP contribution in [-0.2, 0) is 9.53 Å². The first-order valence-corrected chi connectivity index (χ1v) is 12.2. The van der Waals surface area contributed by atoms with E-state index in [2.05, 4.69) is 32.7 Å². The number of hydrogen-bond acceptors (Lipinski definition) is 7. The zero-order valence-electron chi connectivity index (χ0n) is 19.1. The van der Waals surface area contributed by atoms with Crippen LogP contribution in [0.15, 0.2) is 71.8 Å². The molecule has 2 aromatic carbocycles. The van der Waals surface area contributed by atoms with Crippen LogP contribution in [-0.4, -0.2) is 64.3 Å². The summed E-state index contributed by atoms with van der Waals surface area (Å²) < 4.78 is 6.39. The monoisotopic (exact) mass is 477 g/mol. The number of carbonyl (C=O) groups is 2. The number of benzene rings is 2. The molecule has 176 valence electrons. The van der Waals surface area contributed by atoms with E-state index in [9.17, 15) is 9.59 Å². The summed E-state index contributed by atoms with van der Waals surface area (Å²) in [6.45, 7) is 1.21. The van der Waals surface area contributed by atoms with Crippen molar-refractivity contribution in [2.24, 2.45) is 0 Å². The van der Waals surface area contributed by atoms with Gasteiger partial charge < -0.3 is 10.1 Å². The molecule has 0 unspecified atom stereocenters. The highest BCUT2D eigenvalue weighted by molar-refractivity contribution is 7.98. The Bertz CT molecular complexity index is 1160. The van der Waals surface area contributed by atoms with E-state index >= 15 is 0 Å². The highest BCUT2D eigenvalue weighted by Gasteiger charge is 2.38. The van der Waals surface area contributed by atoms with Gasteiger partial charge in [0.1, 0.15) is 0 Å². The van der Waals surface area contributed by atoms with Crippen LogP contribution in [0.3, 0.4) is 0 Å². The molecule has 2 atom stereocenters. The molecular formula is C25H27N5O3S. The second-order valence-electron chi connectivity index (χ2n) is 7.97. The lowest BCUT2D eigenvalue weighted by Gasteiger charge is -2.22. The maximum Gasteiger partial charge on any atom is 0.360 e. The van der Waals surface area contributed by atoms with Gasteiger partial charge in [0.25, 0.3) is 0 Å². The Morgan fingerprint density at radius 2 is 2.03 bits per heavy atom. The van der Waals surface area contributed by atoms with Gasteiger partial charge in [0.2, 0.25) is 5.91 Å². The van der Waals surface area contributed by atoms with E-state index < -0.39 is 5.97 Å². The number of anilines is 1. The average molecular weight is 478 g/mol. The summed E-state index contributed by atoms with van der Waals surface area (Å²) >= 11 is 1.63. The molecule has 1 saturated heterocycles. The average Bonchev–Trinajstić information content (AvgIpc) is 3.52. The summed E-state index contributed by atoms with van der Waals surface area (Å²) in [5.74, 6) is -0.600. The molecule has 9 heteroatoms. The molecule has 1 amide bonds. The van der Waals surface area contributed by atoms with Crippen molar-refractivity contribution >= 4 is 35.4 Å². The standard InChI is InChI=1S/C25H27N5O3S/c1-33-25(32)22-17-30(28-27-22)20-15-23(24(31)26-19-11-6-12-21(14-19)34-2)29(16-20)13-7-10-18-8-4-3-5-9-18/h3-12,14,17,20,23H,13,15-16H2,1-2H3,(H,26,31)/b10-7+/t20-,23+/m1/s1. The smallest absolute Gasteiger partial charge is 0.360 e. The fraction of sp³-hybridized carbons (Fsp3) is 0.280. The number of nitrogens with one attached hydrogen (secondary N) is 1. The number of amides is 1. The molecular weight excluding hydrogens is 450 g/mol. The van der Waals surface area contributed by atoms with Crippen molar-refractivity contribution in [1.82, 2.24) is 19.9 Å². The molecule has 1 aromatic heterocycles. The molecule has 0 radical (unpaired) electrons. The number of ether oxygens (including phenoxy) is 1. The maximum absolute atomic E-state index is 13.3. The Balaban J connectivity index is 1.51. The first-order chi connectivity index (χ1) is 16.6. The van der Waals surface area contributed by atoms with Crippen LogP contribution < -0.4 is 5.32 Å². The predicted octanol–water partition coefficient (Wildman–Crippen LogP) is 3.75. The number of esters is 1. The third-order valence-electron chi connectivity index (χ3n) is 5.75. The van der Waals surface area contributed by atoms with Crippen molar-refractivity contribution in [3.63, 3.8) is 0 Å². The summed E-state index contributed by atoms with van der Waals surface area (Å²) in [6, 6.07) is 17.4. The topological polar surface area (TPSA) is 89.4 Å². The molecule has 8 nitrogen and oxygen atoms in total. The Labute approximate surface area is 203 Å². The van der Waals surface area contributed by atoms with E-state index in [1.54, 1.807) is 22.6 Å². The molecule has 0 spiro atoms. The number of rotatable bonds is 8. The van der Waals surface area contributed by atoms with Crippen LogP contribution in [0.5, 0.6) is 0 Å². The highest BCUT2D eigenvalue weighted by atomic mass is 32.2. The molecule has 34 heavy (non-hydrogen) atoms. The fourth-order valence-electron chi connectivity index (χ4n) is 4.01. The Morgan fingerprint density at radius 1 is 1.21 bits per heavy atom. The van der Waals surface area contributed by atoms with Gasteiger partial charge in [-0.25, -0.2) is 9.48 Å². The third kappa shape index (κ3) is 5.73. The summed E-state index contributed by atoms with van der Waals surface area (Å²) in [6.07, 6.45) is 8.25. The molecule has 0 bridgehead atoms. The Hall–Kier alpha value is -3.43. The molecule has 1 aliphatic heterocycles. The van der Waals surface area contributed by atoms with Gasteiger partial charge in [0.05, 0.1) is 25.4 Å². The summed E-state index contributed by atoms with van der Waals surface area (Å²) in [4.78, 5) is 28.3. The third-order valence-corrected chi connectivity index (χ3v) is 6.48. The zero-order valence-corrected chi connectivity index (χ0v) is 19.9. The van der Waals surface area contributed by atoms with E-state index in [4.69, 9.17) is 4.74 Å². The second-order valence-corrected chi connectivity index (χ2v) is 8.85. The summed E-state index contributed by atoms with van der Waals surface area (Å²) in [5, 5.41) is 11.1. The molecule has 2 heterocycles. The Morgan fingerprint density at radius 3 is 2.79 bits per heavy atom. The van der Waals surface area contributed by atoms with E-state index in [1.165, 1.54) is 7.11 Å². The number of thioether (sulfide) groups is 1. The molecule has 0 saturated carbocycles. The number of likely N-dealkylation sites (tertiary alicyclic amines) is 1. The van der Waals surface area contributed by atoms with Crippen molar-refractivity contribution in [3.05, 3.63) is 78.1 Å². The number of hydrogen-bond donors (Lipinski definition) is 1. The van der Waals surface area contributed by atoms with Gasteiger partial charge in [-0.3, -0.25) is 9.69 Å². The van der Waals surface area contributed by atoms with E-state index in [0.717, 1.165) is 16.1 Å². The maximum atomic E-state index is 13.3. The van der Waals surface area contributed by atoms with Crippen LogP contribution in [0.1, 0.15) is 28.5 Å². The Kier molecular flexibility index (Phi) is 7.76. The van der Waals surface area contributed by atoms with Gasteiger partial charge in [0, 0.05) is 23.7 Å². The molecule has 4 rings (SSSR count). The van der Waals surface area contributed by atoms with Crippen molar-refractivity contribution in [1.29, 1.82) is 0 Å². The lowest BCUT2D eigenvalue weighted by Crippen LogP contribution is -2.39. The summed E-state index contributed by atoms with van der Waals surface area (Å²) in [5.41, 5.74) is 2.03. The van der Waals surface area contributed by atoms with Crippen molar-refractivity contribution in [3.8, 4) is 0 Å². The largest absolute Gasteiger partial charge is 0.464 e. The van der Waals surface area contributed by atoms with Gasteiger partial charge >= 0.3 is 5.97 Å². The van der Waals surface area contributed by atoms with Crippen LogP contribution >= 0.6 is 11.8 Å². The van der Waals surface area contributed by atoms with Gasteiger partial charge in [-0.05, 0) is 36.4 Å². The first kappa shape index (κ1) is 23.7. The highest BCUT2D eigenvalue weighted by Crippen LogP contribution is 2.28. The van der Waals surface area contributed by atoms with Gasteiger partial charge in [-0.15, -0.1) is 16.9 Å². The molecule has 0 aliphatic carbocycles.